The summed E-state index contributed by atoms with van der Waals surface area (Å²) in [7, 11) is 0. The van der Waals surface area contributed by atoms with Crippen molar-refractivity contribution >= 4 is 17.7 Å². The average molecular weight is 389 g/mol. The van der Waals surface area contributed by atoms with E-state index in [0.29, 0.717) is 23.9 Å². The van der Waals surface area contributed by atoms with E-state index in [1.165, 1.54) is 40.7 Å². The molecule has 1 heterocycles. The molecule has 0 N–H and O–H groups in total. The zero-order valence-corrected chi connectivity index (χ0v) is 15.2. The third kappa shape index (κ3) is 5.10. The molecule has 1 atom stereocenters. The number of benzene rings is 1. The number of halogens is 3. The van der Waals surface area contributed by atoms with Gasteiger partial charge in [-0.1, -0.05) is 11.8 Å². The van der Waals surface area contributed by atoms with Gasteiger partial charge >= 0.3 is 6.36 Å². The SMILES string of the molecule is CCN(CC)C(=O)C(C)Sc1nnnn1-c1ccc(OC(F)(F)F)cc1. The second-order valence-electron chi connectivity index (χ2n) is 5.19. The molecule has 1 unspecified atom stereocenters. The van der Waals surface area contributed by atoms with Gasteiger partial charge in [0.2, 0.25) is 11.1 Å². The smallest absolute Gasteiger partial charge is 0.406 e. The fourth-order valence-electron chi connectivity index (χ4n) is 2.20. The minimum Gasteiger partial charge on any atom is -0.406 e. The van der Waals surface area contributed by atoms with Crippen molar-refractivity contribution in [3.8, 4) is 11.4 Å². The highest BCUT2D eigenvalue weighted by molar-refractivity contribution is 8.00. The van der Waals surface area contributed by atoms with E-state index in [4.69, 9.17) is 0 Å². The molecule has 7 nitrogen and oxygen atoms in total. The van der Waals surface area contributed by atoms with Crippen LogP contribution in [0.25, 0.3) is 5.69 Å². The van der Waals surface area contributed by atoms with Crippen molar-refractivity contribution in [2.45, 2.75) is 37.5 Å². The average Bonchev–Trinajstić information content (AvgIpc) is 3.03. The normalized spacial score (nSPS) is 12.7. The summed E-state index contributed by atoms with van der Waals surface area (Å²) >= 11 is 1.18. The number of tetrazole rings is 1. The zero-order chi connectivity index (χ0) is 19.3. The van der Waals surface area contributed by atoms with Crippen molar-refractivity contribution < 1.29 is 22.7 Å². The van der Waals surface area contributed by atoms with Crippen LogP contribution >= 0.6 is 11.8 Å². The molecule has 2 aromatic rings. The van der Waals surface area contributed by atoms with Crippen LogP contribution in [0.3, 0.4) is 0 Å². The first-order valence-electron chi connectivity index (χ1n) is 7.85. The van der Waals surface area contributed by atoms with E-state index in [2.05, 4.69) is 20.3 Å². The lowest BCUT2D eigenvalue weighted by molar-refractivity contribution is -0.274. The Balaban J connectivity index is 2.14. The lowest BCUT2D eigenvalue weighted by Gasteiger charge is -2.22. The molecule has 0 saturated heterocycles. The highest BCUT2D eigenvalue weighted by atomic mass is 32.2. The monoisotopic (exact) mass is 389 g/mol. The van der Waals surface area contributed by atoms with Crippen LogP contribution in [0.4, 0.5) is 13.2 Å². The summed E-state index contributed by atoms with van der Waals surface area (Å²) in [5, 5.41) is 11.3. The molecule has 26 heavy (non-hydrogen) atoms. The lowest BCUT2D eigenvalue weighted by atomic mass is 10.3. The van der Waals surface area contributed by atoms with Crippen molar-refractivity contribution in [3.05, 3.63) is 24.3 Å². The van der Waals surface area contributed by atoms with Crippen LogP contribution in [-0.4, -0.2) is 55.7 Å². The fraction of sp³-hybridized carbons (Fsp3) is 0.467. The van der Waals surface area contributed by atoms with E-state index in [9.17, 15) is 18.0 Å². The van der Waals surface area contributed by atoms with Crippen molar-refractivity contribution in [1.82, 2.24) is 25.1 Å². The van der Waals surface area contributed by atoms with Crippen LogP contribution in [-0.2, 0) is 4.79 Å². The van der Waals surface area contributed by atoms with Gasteiger partial charge in [0.25, 0.3) is 0 Å². The zero-order valence-electron chi connectivity index (χ0n) is 14.4. The Morgan fingerprint density at radius 1 is 1.27 bits per heavy atom. The number of alkyl halides is 3. The van der Waals surface area contributed by atoms with Crippen LogP contribution in [0, 0.1) is 0 Å². The topological polar surface area (TPSA) is 73.1 Å². The minimum atomic E-state index is -4.75. The largest absolute Gasteiger partial charge is 0.573 e. The van der Waals surface area contributed by atoms with Crippen LogP contribution in [0.5, 0.6) is 5.75 Å². The fourth-order valence-corrected chi connectivity index (χ4v) is 3.10. The van der Waals surface area contributed by atoms with Gasteiger partial charge in [0.05, 0.1) is 10.9 Å². The van der Waals surface area contributed by atoms with Crippen LogP contribution in [0.2, 0.25) is 0 Å². The molecule has 1 aromatic heterocycles. The molecule has 0 bridgehead atoms. The van der Waals surface area contributed by atoms with Crippen molar-refractivity contribution in [2.24, 2.45) is 0 Å². The first kappa shape index (κ1) is 20.0. The van der Waals surface area contributed by atoms with Gasteiger partial charge in [-0.25, -0.2) is 0 Å². The van der Waals surface area contributed by atoms with Crippen molar-refractivity contribution in [1.29, 1.82) is 0 Å². The minimum absolute atomic E-state index is 0.0384. The molecule has 1 amide bonds. The van der Waals surface area contributed by atoms with Crippen LogP contribution in [0.15, 0.2) is 29.4 Å². The third-order valence-electron chi connectivity index (χ3n) is 3.46. The van der Waals surface area contributed by atoms with E-state index >= 15 is 0 Å². The van der Waals surface area contributed by atoms with E-state index < -0.39 is 11.6 Å². The molecule has 0 saturated carbocycles. The van der Waals surface area contributed by atoms with E-state index in [1.54, 1.807) is 11.8 Å². The Morgan fingerprint density at radius 3 is 2.42 bits per heavy atom. The summed E-state index contributed by atoms with van der Waals surface area (Å²) in [5.74, 6) is -0.378. The Kier molecular flexibility index (Phi) is 6.46. The molecule has 0 aliphatic rings. The molecule has 11 heteroatoms. The predicted octanol–water partition coefficient (Wildman–Crippen LogP) is 2.91. The van der Waals surface area contributed by atoms with Crippen molar-refractivity contribution in [3.63, 3.8) is 0 Å². The predicted molar refractivity (Wildman–Crippen MR) is 89.1 cm³/mol. The summed E-state index contributed by atoms with van der Waals surface area (Å²) < 4.78 is 41.9. The molecule has 0 aliphatic heterocycles. The maximum Gasteiger partial charge on any atom is 0.573 e. The molecule has 0 spiro atoms. The molecule has 142 valence electrons. The van der Waals surface area contributed by atoms with Gasteiger partial charge < -0.3 is 9.64 Å². The molecule has 2 rings (SSSR count). The van der Waals surface area contributed by atoms with Gasteiger partial charge in [-0.15, -0.1) is 18.3 Å². The number of hydrogen-bond donors (Lipinski definition) is 0. The molecule has 0 fully saturated rings. The number of thioether (sulfide) groups is 1. The highest BCUT2D eigenvalue weighted by Gasteiger charge is 2.31. The Hall–Kier alpha value is -2.30. The summed E-state index contributed by atoms with van der Waals surface area (Å²) in [4.78, 5) is 14.1. The Labute approximate surface area is 152 Å². The van der Waals surface area contributed by atoms with Crippen molar-refractivity contribution in [2.75, 3.05) is 13.1 Å². The summed E-state index contributed by atoms with van der Waals surface area (Å²) in [6, 6.07) is 5.14. The quantitative estimate of drug-likeness (QED) is 0.678. The molecule has 0 radical (unpaired) electrons. The van der Waals surface area contributed by atoms with Crippen LogP contribution < -0.4 is 4.74 Å². The van der Waals surface area contributed by atoms with Gasteiger partial charge in [0, 0.05) is 13.1 Å². The van der Waals surface area contributed by atoms with Gasteiger partial charge in [0.15, 0.2) is 0 Å². The van der Waals surface area contributed by atoms with E-state index in [0.717, 1.165) is 0 Å². The second-order valence-corrected chi connectivity index (χ2v) is 6.49. The van der Waals surface area contributed by atoms with Crippen LogP contribution in [0.1, 0.15) is 20.8 Å². The molecule has 0 aliphatic carbocycles. The van der Waals surface area contributed by atoms with Gasteiger partial charge in [-0.3, -0.25) is 4.79 Å². The summed E-state index contributed by atoms with van der Waals surface area (Å²) in [6.07, 6.45) is -4.75. The number of ether oxygens (including phenoxy) is 1. The highest BCUT2D eigenvalue weighted by Crippen LogP contribution is 2.26. The maximum atomic E-state index is 12.4. The van der Waals surface area contributed by atoms with E-state index in [-0.39, 0.29) is 11.7 Å². The summed E-state index contributed by atoms with van der Waals surface area (Å²) in [5.41, 5.74) is 0.453. The number of aromatic nitrogens is 4. The molecular weight excluding hydrogens is 371 g/mol. The first-order valence-corrected chi connectivity index (χ1v) is 8.73. The molecular formula is C15H18F3N5O2S. The number of hydrogen-bond acceptors (Lipinski definition) is 6. The number of nitrogens with zero attached hydrogens (tertiary/aromatic N) is 5. The first-order chi connectivity index (χ1) is 12.2. The van der Waals surface area contributed by atoms with Gasteiger partial charge in [-0.2, -0.15) is 4.68 Å². The Bertz CT molecular complexity index is 732. The van der Waals surface area contributed by atoms with E-state index in [1.807, 2.05) is 13.8 Å². The summed E-state index contributed by atoms with van der Waals surface area (Å²) in [6.45, 7) is 6.75. The van der Waals surface area contributed by atoms with Gasteiger partial charge in [-0.05, 0) is 55.5 Å². The number of carbonyl (C=O) groups is 1. The maximum absolute atomic E-state index is 12.4. The second kappa shape index (κ2) is 8.39. The third-order valence-corrected chi connectivity index (χ3v) is 4.48. The molecule has 1 aromatic carbocycles. The number of carbonyl (C=O) groups excluding carboxylic acids is 1. The standard InChI is InChI=1S/C15H18F3N5O2S/c1-4-22(5-2)13(24)10(3)26-14-19-20-21-23(14)11-6-8-12(9-7-11)25-15(16,17)18/h6-10H,4-5H2,1-3H3. The lowest BCUT2D eigenvalue weighted by Crippen LogP contribution is -2.36. The Morgan fingerprint density at radius 2 is 1.88 bits per heavy atom. The van der Waals surface area contributed by atoms with Gasteiger partial charge in [0.1, 0.15) is 5.75 Å². The number of amides is 1. The number of rotatable bonds is 7.